The van der Waals surface area contributed by atoms with Crippen LogP contribution in [0.4, 0.5) is 6.01 Å². The van der Waals surface area contributed by atoms with Crippen LogP contribution >= 0.6 is 0 Å². The van der Waals surface area contributed by atoms with Crippen molar-refractivity contribution in [3.05, 3.63) is 24.3 Å². The van der Waals surface area contributed by atoms with Gasteiger partial charge in [-0.1, -0.05) is 12.1 Å². The van der Waals surface area contributed by atoms with E-state index in [0.717, 1.165) is 23.9 Å². The number of anilines is 1. The van der Waals surface area contributed by atoms with Crippen molar-refractivity contribution < 1.29 is 9.21 Å². The Morgan fingerprint density at radius 3 is 3.00 bits per heavy atom. The van der Waals surface area contributed by atoms with Gasteiger partial charge >= 0.3 is 6.01 Å². The van der Waals surface area contributed by atoms with Crippen molar-refractivity contribution >= 4 is 28.9 Å². The first-order valence-corrected chi connectivity index (χ1v) is 8.05. The van der Waals surface area contributed by atoms with Crippen molar-refractivity contribution in [3.8, 4) is 0 Å². The van der Waals surface area contributed by atoms with E-state index in [-0.39, 0.29) is 12.0 Å². The highest BCUT2D eigenvalue weighted by molar-refractivity contribution is 5.96. The number of aliphatic imine (C=N–C) groups is 1. The van der Waals surface area contributed by atoms with Crippen molar-refractivity contribution in [1.82, 2.24) is 10.3 Å². The molecule has 4 rings (SSSR count). The van der Waals surface area contributed by atoms with Crippen LogP contribution in [0.3, 0.4) is 0 Å². The van der Waals surface area contributed by atoms with Gasteiger partial charge in [0.15, 0.2) is 11.5 Å². The Morgan fingerprint density at radius 2 is 2.17 bits per heavy atom. The summed E-state index contributed by atoms with van der Waals surface area (Å²) in [5, 5.41) is 6.48. The molecule has 2 aromatic rings. The molecule has 1 aromatic heterocycles. The van der Waals surface area contributed by atoms with E-state index >= 15 is 0 Å². The smallest absolute Gasteiger partial charge is 0.302 e. The number of hydrogen-bond donors (Lipinski definition) is 2. The van der Waals surface area contributed by atoms with E-state index in [4.69, 9.17) is 4.42 Å². The van der Waals surface area contributed by atoms with Crippen molar-refractivity contribution in [2.24, 2.45) is 10.9 Å². The summed E-state index contributed by atoms with van der Waals surface area (Å²) in [6, 6.07) is 8.15. The molecule has 2 aliphatic rings. The Kier molecular flexibility index (Phi) is 3.14. The molecule has 1 aromatic carbocycles. The molecule has 2 unspecified atom stereocenters. The van der Waals surface area contributed by atoms with Crippen LogP contribution in [0.15, 0.2) is 33.7 Å². The average molecular weight is 312 g/mol. The molecule has 0 spiro atoms. The van der Waals surface area contributed by atoms with Crippen LogP contribution < -0.4 is 10.6 Å². The topological polar surface area (TPSA) is 79.5 Å². The van der Waals surface area contributed by atoms with E-state index in [9.17, 15) is 4.79 Å². The number of aromatic nitrogens is 1. The molecule has 1 fully saturated rings. The van der Waals surface area contributed by atoms with Gasteiger partial charge in [-0.05, 0) is 38.8 Å². The zero-order valence-corrected chi connectivity index (χ0v) is 13.3. The van der Waals surface area contributed by atoms with Gasteiger partial charge in [0.2, 0.25) is 0 Å². The number of Topliss-reactive ketones (excluding diaryl/α,β-unsaturated/α-hetero) is 1. The summed E-state index contributed by atoms with van der Waals surface area (Å²) in [6.45, 7) is 4.03. The molecule has 1 aliphatic carbocycles. The highest BCUT2D eigenvalue weighted by Gasteiger charge is 2.46. The summed E-state index contributed by atoms with van der Waals surface area (Å²) in [5.41, 5.74) is 1.11. The Labute approximate surface area is 134 Å². The molecule has 2 N–H and O–H groups in total. The van der Waals surface area contributed by atoms with E-state index in [1.54, 1.807) is 0 Å². The van der Waals surface area contributed by atoms with Crippen molar-refractivity contribution in [1.29, 1.82) is 0 Å². The second-order valence-electron chi connectivity index (χ2n) is 6.81. The van der Waals surface area contributed by atoms with Gasteiger partial charge in [-0.2, -0.15) is 4.98 Å². The zero-order valence-electron chi connectivity index (χ0n) is 13.3. The lowest BCUT2D eigenvalue weighted by Crippen LogP contribution is -2.59. The largest absolute Gasteiger partial charge is 0.423 e. The molecule has 6 heteroatoms. The Morgan fingerprint density at radius 1 is 1.35 bits per heavy atom. The van der Waals surface area contributed by atoms with Gasteiger partial charge in [0.25, 0.3) is 0 Å². The fourth-order valence-corrected chi connectivity index (χ4v) is 3.74. The molecule has 1 aliphatic heterocycles. The summed E-state index contributed by atoms with van der Waals surface area (Å²) >= 11 is 0. The van der Waals surface area contributed by atoms with E-state index in [1.165, 1.54) is 0 Å². The fourth-order valence-electron chi connectivity index (χ4n) is 3.74. The number of carbonyl (C=O) groups is 1. The van der Waals surface area contributed by atoms with Crippen LogP contribution in [-0.4, -0.2) is 28.3 Å². The molecule has 23 heavy (non-hydrogen) atoms. The number of oxazole rings is 1. The number of nitrogens with zero attached hydrogens (tertiary/aromatic N) is 2. The predicted octanol–water partition coefficient (Wildman–Crippen LogP) is 2.72. The number of rotatable bonds is 1. The second kappa shape index (κ2) is 5.08. The normalized spacial score (nSPS) is 26.3. The maximum absolute atomic E-state index is 12.3. The minimum absolute atomic E-state index is 0.0644. The molecule has 0 saturated heterocycles. The maximum Gasteiger partial charge on any atom is 0.302 e. The number of ketones is 1. The van der Waals surface area contributed by atoms with Gasteiger partial charge in [0.1, 0.15) is 11.3 Å². The minimum atomic E-state index is -0.429. The first kappa shape index (κ1) is 14.2. The van der Waals surface area contributed by atoms with Crippen molar-refractivity contribution in [2.75, 3.05) is 5.32 Å². The third kappa shape index (κ3) is 2.48. The highest BCUT2D eigenvalue weighted by atomic mass is 16.4. The Bertz CT molecular complexity index is 760. The first-order chi connectivity index (χ1) is 11.0. The maximum atomic E-state index is 12.3. The molecular weight excluding hydrogens is 292 g/mol. The molecule has 0 bridgehead atoms. The van der Waals surface area contributed by atoms with Gasteiger partial charge in [0.05, 0.1) is 11.5 Å². The Balaban J connectivity index is 1.62. The van der Waals surface area contributed by atoms with Gasteiger partial charge in [-0.25, -0.2) is 4.99 Å². The third-order valence-corrected chi connectivity index (χ3v) is 4.69. The number of benzene rings is 1. The van der Waals surface area contributed by atoms with E-state index in [0.29, 0.717) is 24.2 Å². The van der Waals surface area contributed by atoms with Gasteiger partial charge in [-0.3, -0.25) is 10.1 Å². The monoisotopic (exact) mass is 312 g/mol. The number of hydrogen-bond acceptors (Lipinski definition) is 6. The van der Waals surface area contributed by atoms with Crippen LogP contribution in [0.1, 0.15) is 33.1 Å². The summed E-state index contributed by atoms with van der Waals surface area (Å²) in [6.07, 6.45) is 2.57. The molecule has 2 heterocycles. The summed E-state index contributed by atoms with van der Waals surface area (Å²) in [7, 11) is 0. The van der Waals surface area contributed by atoms with Crippen LogP contribution in [0.5, 0.6) is 0 Å². The summed E-state index contributed by atoms with van der Waals surface area (Å²) in [5.74, 6) is 0.867. The Hall–Kier alpha value is -2.37. The van der Waals surface area contributed by atoms with Crippen molar-refractivity contribution in [3.63, 3.8) is 0 Å². The third-order valence-electron chi connectivity index (χ3n) is 4.69. The van der Waals surface area contributed by atoms with Gasteiger partial charge in [0, 0.05) is 12.5 Å². The summed E-state index contributed by atoms with van der Waals surface area (Å²) in [4.78, 5) is 21.4. The molecular formula is C17H20N4O2. The predicted molar refractivity (Wildman–Crippen MR) is 88.4 cm³/mol. The average Bonchev–Trinajstić information content (AvgIpc) is 2.88. The zero-order chi connectivity index (χ0) is 16.0. The quantitative estimate of drug-likeness (QED) is 0.846. The van der Waals surface area contributed by atoms with Crippen LogP contribution in [0, 0.1) is 5.92 Å². The van der Waals surface area contributed by atoms with E-state index < -0.39 is 5.54 Å². The lowest BCUT2D eigenvalue weighted by atomic mass is 9.72. The second-order valence-corrected chi connectivity index (χ2v) is 6.81. The van der Waals surface area contributed by atoms with Gasteiger partial charge in [-0.15, -0.1) is 0 Å². The standard InChI is InChI=1S/C17H20N4O2/c1-17(2)14-11(7-5-8-12(14)22)18-15(21-17)20-16-19-10-6-3-4-9-13(10)23-16/h3-4,6,9,11,14H,5,7-8H2,1-2H3,(H2,18,19,20,21). The summed E-state index contributed by atoms with van der Waals surface area (Å²) < 4.78 is 5.69. The minimum Gasteiger partial charge on any atom is -0.423 e. The SMILES string of the molecule is CC1(C)N=C(Nc2nc3ccccc3o2)NC2CCCC(=O)C21. The number of fused-ring (bicyclic) bond motifs is 2. The number of guanidine groups is 1. The van der Waals surface area contributed by atoms with E-state index in [2.05, 4.69) is 20.6 Å². The van der Waals surface area contributed by atoms with Crippen LogP contribution in [0.25, 0.3) is 11.1 Å². The molecule has 0 amide bonds. The number of nitrogens with one attached hydrogen (secondary N) is 2. The van der Waals surface area contributed by atoms with Crippen LogP contribution in [0.2, 0.25) is 0 Å². The molecule has 1 saturated carbocycles. The van der Waals surface area contributed by atoms with Crippen molar-refractivity contribution in [2.45, 2.75) is 44.7 Å². The van der Waals surface area contributed by atoms with E-state index in [1.807, 2.05) is 38.1 Å². The number of carbonyl (C=O) groups excluding carboxylic acids is 1. The lowest BCUT2D eigenvalue weighted by molar-refractivity contribution is -0.127. The molecule has 0 radical (unpaired) electrons. The lowest BCUT2D eigenvalue weighted by Gasteiger charge is -2.43. The molecule has 120 valence electrons. The highest BCUT2D eigenvalue weighted by Crippen LogP contribution is 2.35. The molecule has 2 atom stereocenters. The van der Waals surface area contributed by atoms with Gasteiger partial charge < -0.3 is 9.73 Å². The number of para-hydroxylation sites is 2. The fraction of sp³-hybridized carbons (Fsp3) is 0.471. The first-order valence-electron chi connectivity index (χ1n) is 8.05. The van der Waals surface area contributed by atoms with Crippen LogP contribution in [-0.2, 0) is 4.79 Å². The molecule has 6 nitrogen and oxygen atoms in total.